The Balaban J connectivity index is 1.56. The summed E-state index contributed by atoms with van der Waals surface area (Å²) >= 11 is 0. The molecule has 0 atom stereocenters. The summed E-state index contributed by atoms with van der Waals surface area (Å²) in [6.45, 7) is 6.43. The lowest BCUT2D eigenvalue weighted by atomic mass is 9.98. The van der Waals surface area contributed by atoms with Gasteiger partial charge in [0.1, 0.15) is 5.69 Å². The molecule has 0 saturated carbocycles. The zero-order valence-electron chi connectivity index (χ0n) is 19.0. The predicted molar refractivity (Wildman–Crippen MR) is 119 cm³/mol. The van der Waals surface area contributed by atoms with Crippen LogP contribution in [0.5, 0.6) is 0 Å². The zero-order chi connectivity index (χ0) is 24.0. The molecule has 33 heavy (non-hydrogen) atoms. The van der Waals surface area contributed by atoms with Gasteiger partial charge in [0.25, 0.3) is 11.6 Å². The van der Waals surface area contributed by atoms with Crippen molar-refractivity contribution in [1.29, 1.82) is 0 Å². The van der Waals surface area contributed by atoms with Crippen LogP contribution >= 0.6 is 0 Å². The number of rotatable bonds is 6. The fourth-order valence-electron chi connectivity index (χ4n) is 3.97. The van der Waals surface area contributed by atoms with Gasteiger partial charge in [-0.3, -0.25) is 14.9 Å². The lowest BCUT2D eigenvalue weighted by Gasteiger charge is -2.33. The van der Waals surface area contributed by atoms with Crippen LogP contribution in [0.4, 0.5) is 16.2 Å². The van der Waals surface area contributed by atoms with Crippen LogP contribution < -0.4 is 4.90 Å². The van der Waals surface area contributed by atoms with E-state index in [1.807, 2.05) is 4.90 Å². The number of nitrogens with zero attached hydrogens (tertiary/aromatic N) is 4. The van der Waals surface area contributed by atoms with Gasteiger partial charge in [0.2, 0.25) is 0 Å². The number of carbonyl (C=O) groups is 3. The first-order valence-corrected chi connectivity index (χ1v) is 11.2. The van der Waals surface area contributed by atoms with E-state index in [-0.39, 0.29) is 23.8 Å². The Hall–Kier alpha value is -3.37. The Morgan fingerprint density at radius 3 is 2.27 bits per heavy atom. The van der Waals surface area contributed by atoms with Crippen molar-refractivity contribution >= 4 is 29.3 Å². The average Bonchev–Trinajstić information content (AvgIpc) is 2.82. The minimum atomic E-state index is -0.796. The van der Waals surface area contributed by atoms with Crippen molar-refractivity contribution in [2.45, 2.75) is 26.7 Å². The first-order chi connectivity index (χ1) is 15.8. The Morgan fingerprint density at radius 1 is 1.03 bits per heavy atom. The molecule has 0 unspecified atom stereocenters. The van der Waals surface area contributed by atoms with Gasteiger partial charge in [-0.25, -0.2) is 9.59 Å². The van der Waals surface area contributed by atoms with Crippen LogP contribution in [0.2, 0.25) is 0 Å². The number of hydrogen-bond donors (Lipinski definition) is 0. The summed E-state index contributed by atoms with van der Waals surface area (Å²) in [7, 11) is 0. The molecule has 2 aliphatic heterocycles. The van der Waals surface area contributed by atoms with Crippen LogP contribution in [0.15, 0.2) is 18.2 Å². The maximum absolute atomic E-state index is 12.5. The second-order valence-electron chi connectivity index (χ2n) is 8.27. The second kappa shape index (κ2) is 11.0. The van der Waals surface area contributed by atoms with Crippen molar-refractivity contribution in [3.05, 3.63) is 33.9 Å². The van der Waals surface area contributed by atoms with E-state index >= 15 is 0 Å². The SMILES string of the molecule is CCOC(=O)N1CCN(C(=O)COC(=O)c2ccc(N3CCC(C)CC3)c([N+](=O)[O-])c2)CC1. The van der Waals surface area contributed by atoms with Gasteiger partial charge in [-0.1, -0.05) is 6.92 Å². The summed E-state index contributed by atoms with van der Waals surface area (Å²) in [6, 6.07) is 4.27. The van der Waals surface area contributed by atoms with Crippen LogP contribution in [-0.2, 0) is 14.3 Å². The Kier molecular flexibility index (Phi) is 8.07. The quantitative estimate of drug-likeness (QED) is 0.358. The summed E-state index contributed by atoms with van der Waals surface area (Å²) in [4.78, 5) is 52.7. The lowest BCUT2D eigenvalue weighted by Crippen LogP contribution is -2.51. The number of benzene rings is 1. The normalized spacial score (nSPS) is 17.0. The minimum absolute atomic E-state index is 0.0238. The van der Waals surface area contributed by atoms with Gasteiger partial charge in [0.05, 0.1) is 17.1 Å². The fourth-order valence-corrected chi connectivity index (χ4v) is 3.97. The minimum Gasteiger partial charge on any atom is -0.452 e. The van der Waals surface area contributed by atoms with Crippen molar-refractivity contribution in [2.75, 3.05) is 57.4 Å². The van der Waals surface area contributed by atoms with Gasteiger partial charge in [-0.2, -0.15) is 0 Å². The van der Waals surface area contributed by atoms with Gasteiger partial charge in [-0.15, -0.1) is 0 Å². The number of ether oxygens (including phenoxy) is 2. The highest BCUT2D eigenvalue weighted by Gasteiger charge is 2.27. The zero-order valence-corrected chi connectivity index (χ0v) is 19.0. The molecule has 0 bridgehead atoms. The van der Waals surface area contributed by atoms with E-state index in [0.29, 0.717) is 37.8 Å². The van der Waals surface area contributed by atoms with Crippen LogP contribution in [0, 0.1) is 16.0 Å². The molecule has 0 aliphatic carbocycles. The summed E-state index contributed by atoms with van der Waals surface area (Å²) in [5.41, 5.74) is 0.357. The van der Waals surface area contributed by atoms with Gasteiger partial charge in [0, 0.05) is 45.3 Å². The molecule has 1 aromatic rings. The number of piperazine rings is 1. The summed E-state index contributed by atoms with van der Waals surface area (Å²) < 4.78 is 10.1. The summed E-state index contributed by atoms with van der Waals surface area (Å²) in [5.74, 6) is -0.601. The number of amides is 2. The van der Waals surface area contributed by atoms with Crippen LogP contribution in [0.3, 0.4) is 0 Å². The van der Waals surface area contributed by atoms with Crippen molar-refractivity contribution in [3.63, 3.8) is 0 Å². The molecule has 3 rings (SSSR count). The highest BCUT2D eigenvalue weighted by molar-refractivity contribution is 5.93. The Morgan fingerprint density at radius 2 is 1.67 bits per heavy atom. The molecule has 1 aromatic carbocycles. The van der Waals surface area contributed by atoms with Gasteiger partial charge >= 0.3 is 12.1 Å². The van der Waals surface area contributed by atoms with Crippen molar-refractivity contribution < 1.29 is 28.8 Å². The molecule has 2 fully saturated rings. The van der Waals surface area contributed by atoms with E-state index in [1.165, 1.54) is 21.9 Å². The number of carbonyl (C=O) groups excluding carboxylic acids is 3. The van der Waals surface area contributed by atoms with E-state index in [4.69, 9.17) is 9.47 Å². The number of anilines is 1. The number of esters is 1. The monoisotopic (exact) mass is 462 g/mol. The van der Waals surface area contributed by atoms with E-state index in [2.05, 4.69) is 6.92 Å². The Bertz CT molecular complexity index is 891. The summed E-state index contributed by atoms with van der Waals surface area (Å²) in [6.07, 6.45) is 1.49. The van der Waals surface area contributed by atoms with Crippen LogP contribution in [0.25, 0.3) is 0 Å². The first-order valence-electron chi connectivity index (χ1n) is 11.2. The van der Waals surface area contributed by atoms with E-state index in [0.717, 1.165) is 25.9 Å². The smallest absolute Gasteiger partial charge is 0.409 e. The molecule has 2 saturated heterocycles. The molecule has 11 nitrogen and oxygen atoms in total. The topological polar surface area (TPSA) is 123 Å². The van der Waals surface area contributed by atoms with E-state index in [1.54, 1.807) is 13.0 Å². The van der Waals surface area contributed by atoms with Crippen LogP contribution in [-0.4, -0.2) is 85.2 Å². The van der Waals surface area contributed by atoms with Crippen molar-refractivity contribution in [3.8, 4) is 0 Å². The molecule has 0 aromatic heterocycles. The third-order valence-corrected chi connectivity index (χ3v) is 6.02. The summed E-state index contributed by atoms with van der Waals surface area (Å²) in [5, 5.41) is 11.6. The van der Waals surface area contributed by atoms with Crippen LogP contribution in [0.1, 0.15) is 37.0 Å². The standard InChI is InChI=1S/C22H30N4O7/c1-3-32-22(29)25-12-10-24(11-13-25)20(27)15-33-21(28)17-4-5-18(19(14-17)26(30)31)23-8-6-16(2)7-9-23/h4-5,14,16H,3,6-13,15H2,1-2H3. The molecule has 2 aliphatic rings. The molecule has 11 heteroatoms. The van der Waals surface area contributed by atoms with Gasteiger partial charge in [-0.05, 0) is 37.8 Å². The highest BCUT2D eigenvalue weighted by atomic mass is 16.6. The third kappa shape index (κ3) is 6.11. The predicted octanol–water partition coefficient (Wildman–Crippen LogP) is 2.29. The maximum atomic E-state index is 12.5. The number of nitro groups is 1. The maximum Gasteiger partial charge on any atom is 0.409 e. The molecule has 0 N–H and O–H groups in total. The number of hydrogen-bond acceptors (Lipinski definition) is 8. The number of piperidine rings is 1. The molecular weight excluding hydrogens is 432 g/mol. The molecule has 0 radical (unpaired) electrons. The first kappa shape index (κ1) is 24.3. The third-order valence-electron chi connectivity index (χ3n) is 6.02. The lowest BCUT2D eigenvalue weighted by molar-refractivity contribution is -0.384. The van der Waals surface area contributed by atoms with Crippen molar-refractivity contribution in [1.82, 2.24) is 9.80 Å². The fraction of sp³-hybridized carbons (Fsp3) is 0.591. The van der Waals surface area contributed by atoms with E-state index in [9.17, 15) is 24.5 Å². The average molecular weight is 463 g/mol. The molecule has 2 heterocycles. The largest absolute Gasteiger partial charge is 0.452 e. The number of nitro benzene ring substituents is 1. The molecule has 180 valence electrons. The van der Waals surface area contributed by atoms with Gasteiger partial charge in [0.15, 0.2) is 6.61 Å². The highest BCUT2D eigenvalue weighted by Crippen LogP contribution is 2.32. The second-order valence-corrected chi connectivity index (χ2v) is 8.27. The van der Waals surface area contributed by atoms with Crippen molar-refractivity contribution in [2.24, 2.45) is 5.92 Å². The van der Waals surface area contributed by atoms with E-state index < -0.39 is 23.6 Å². The molecule has 2 amide bonds. The molecular formula is C22H30N4O7. The molecule has 0 spiro atoms. The van der Waals surface area contributed by atoms with Gasteiger partial charge < -0.3 is 24.2 Å². The Labute approximate surface area is 192 Å².